The van der Waals surface area contributed by atoms with E-state index in [1.54, 1.807) is 36.4 Å². The third kappa shape index (κ3) is 5.02. The summed E-state index contributed by atoms with van der Waals surface area (Å²) >= 11 is 0. The van der Waals surface area contributed by atoms with E-state index in [0.717, 1.165) is 27.8 Å². The number of aryl methyl sites for hydroxylation is 3. The second-order valence-corrected chi connectivity index (χ2v) is 10.1. The molecule has 1 amide bonds. The number of hydrogen-bond donors (Lipinski definition) is 1. The highest BCUT2D eigenvalue weighted by Crippen LogP contribution is 2.28. The number of rotatable bonds is 7. The van der Waals surface area contributed by atoms with Gasteiger partial charge in [0.2, 0.25) is 5.91 Å². The van der Waals surface area contributed by atoms with Crippen LogP contribution in [0.25, 0.3) is 0 Å². The van der Waals surface area contributed by atoms with E-state index < -0.39 is 10.0 Å². The lowest BCUT2D eigenvalue weighted by Crippen LogP contribution is -2.42. The van der Waals surface area contributed by atoms with Crippen molar-refractivity contribution in [2.75, 3.05) is 10.8 Å². The van der Waals surface area contributed by atoms with Gasteiger partial charge in [0, 0.05) is 0 Å². The SMILES string of the molecule is Cc1ccc(C)c(C(C)NC(=O)CN(c2cccc(C)c2C)S(=O)(=O)c2ccccc2)c1. The Kier molecular flexibility index (Phi) is 7.04. The summed E-state index contributed by atoms with van der Waals surface area (Å²) < 4.78 is 28.3. The van der Waals surface area contributed by atoms with E-state index >= 15 is 0 Å². The average Bonchev–Trinajstić information content (AvgIpc) is 2.76. The molecule has 0 fully saturated rings. The zero-order valence-corrected chi connectivity index (χ0v) is 20.0. The zero-order valence-electron chi connectivity index (χ0n) is 19.2. The van der Waals surface area contributed by atoms with Crippen molar-refractivity contribution in [1.82, 2.24) is 5.32 Å². The Hall–Kier alpha value is -3.12. The number of sulfonamides is 1. The Labute approximate surface area is 191 Å². The van der Waals surface area contributed by atoms with Gasteiger partial charge >= 0.3 is 0 Å². The molecule has 3 aromatic rings. The lowest BCUT2D eigenvalue weighted by molar-refractivity contribution is -0.120. The van der Waals surface area contributed by atoms with Gasteiger partial charge in [-0.05, 0) is 75.1 Å². The highest BCUT2D eigenvalue weighted by Gasteiger charge is 2.29. The molecule has 32 heavy (non-hydrogen) atoms. The predicted molar refractivity (Wildman–Crippen MR) is 129 cm³/mol. The van der Waals surface area contributed by atoms with Crippen molar-refractivity contribution in [3.8, 4) is 0 Å². The molecule has 0 saturated heterocycles. The number of benzene rings is 3. The maximum atomic E-state index is 13.5. The highest BCUT2D eigenvalue weighted by atomic mass is 32.2. The van der Waals surface area contributed by atoms with Crippen LogP contribution < -0.4 is 9.62 Å². The first-order valence-electron chi connectivity index (χ1n) is 10.6. The van der Waals surface area contributed by atoms with E-state index in [1.165, 1.54) is 4.31 Å². The van der Waals surface area contributed by atoms with Crippen LogP contribution in [0.1, 0.15) is 40.8 Å². The molecule has 6 heteroatoms. The second-order valence-electron chi connectivity index (χ2n) is 8.19. The number of carbonyl (C=O) groups is 1. The van der Waals surface area contributed by atoms with Gasteiger partial charge in [-0.2, -0.15) is 0 Å². The van der Waals surface area contributed by atoms with Crippen LogP contribution in [0.2, 0.25) is 0 Å². The van der Waals surface area contributed by atoms with Gasteiger partial charge in [0.1, 0.15) is 6.54 Å². The minimum Gasteiger partial charge on any atom is -0.348 e. The molecule has 1 unspecified atom stereocenters. The molecule has 0 spiro atoms. The van der Waals surface area contributed by atoms with Gasteiger partial charge in [-0.15, -0.1) is 0 Å². The monoisotopic (exact) mass is 450 g/mol. The Morgan fingerprint density at radius 3 is 2.28 bits per heavy atom. The summed E-state index contributed by atoms with van der Waals surface area (Å²) in [5.74, 6) is -0.362. The van der Waals surface area contributed by atoms with Crippen molar-refractivity contribution in [3.05, 3.63) is 94.5 Å². The van der Waals surface area contributed by atoms with Gasteiger partial charge in [0.15, 0.2) is 0 Å². The first-order chi connectivity index (χ1) is 15.1. The summed E-state index contributed by atoms with van der Waals surface area (Å²) in [6, 6.07) is 19.5. The highest BCUT2D eigenvalue weighted by molar-refractivity contribution is 7.92. The molecule has 0 bridgehead atoms. The Bertz CT molecular complexity index is 1220. The number of nitrogens with zero attached hydrogens (tertiary/aromatic N) is 1. The Balaban J connectivity index is 1.95. The summed E-state index contributed by atoms with van der Waals surface area (Å²) in [4.78, 5) is 13.2. The number of amides is 1. The Morgan fingerprint density at radius 2 is 1.59 bits per heavy atom. The van der Waals surface area contributed by atoms with Crippen LogP contribution in [-0.2, 0) is 14.8 Å². The van der Waals surface area contributed by atoms with Crippen molar-refractivity contribution in [2.24, 2.45) is 0 Å². The van der Waals surface area contributed by atoms with E-state index in [2.05, 4.69) is 5.32 Å². The fourth-order valence-electron chi connectivity index (χ4n) is 3.75. The molecular formula is C26H30N2O3S. The fraction of sp³-hybridized carbons (Fsp3) is 0.269. The van der Waals surface area contributed by atoms with E-state index in [4.69, 9.17) is 0 Å². The van der Waals surface area contributed by atoms with Gasteiger partial charge < -0.3 is 5.32 Å². The zero-order chi connectivity index (χ0) is 23.5. The first kappa shape index (κ1) is 23.5. The summed E-state index contributed by atoms with van der Waals surface area (Å²) in [5, 5.41) is 2.98. The molecule has 0 aromatic heterocycles. The quantitative estimate of drug-likeness (QED) is 0.551. The molecule has 3 aromatic carbocycles. The van der Waals surface area contributed by atoms with Crippen LogP contribution in [-0.4, -0.2) is 20.9 Å². The summed E-state index contributed by atoms with van der Waals surface area (Å²) in [6.45, 7) is 9.40. The molecule has 0 aliphatic rings. The van der Waals surface area contributed by atoms with Crippen LogP contribution in [0.3, 0.4) is 0 Å². The van der Waals surface area contributed by atoms with E-state index in [1.807, 2.05) is 65.0 Å². The van der Waals surface area contributed by atoms with Crippen molar-refractivity contribution >= 4 is 21.6 Å². The second kappa shape index (κ2) is 9.57. The lowest BCUT2D eigenvalue weighted by Gasteiger charge is -2.27. The van der Waals surface area contributed by atoms with Crippen LogP contribution in [0.5, 0.6) is 0 Å². The smallest absolute Gasteiger partial charge is 0.264 e. The fourth-order valence-corrected chi connectivity index (χ4v) is 5.25. The van der Waals surface area contributed by atoms with E-state index in [9.17, 15) is 13.2 Å². The predicted octanol–water partition coefficient (Wildman–Crippen LogP) is 4.99. The minimum absolute atomic E-state index is 0.149. The van der Waals surface area contributed by atoms with Crippen LogP contribution in [0.15, 0.2) is 71.6 Å². The molecule has 168 valence electrons. The minimum atomic E-state index is -3.93. The molecule has 1 N–H and O–H groups in total. The molecular weight excluding hydrogens is 420 g/mol. The topological polar surface area (TPSA) is 66.5 Å². The van der Waals surface area contributed by atoms with Crippen molar-refractivity contribution in [3.63, 3.8) is 0 Å². The molecule has 5 nitrogen and oxygen atoms in total. The summed E-state index contributed by atoms with van der Waals surface area (Å²) in [6.07, 6.45) is 0. The summed E-state index contributed by atoms with van der Waals surface area (Å²) in [5.41, 5.74) is 5.48. The molecule has 0 heterocycles. The van der Waals surface area contributed by atoms with Gasteiger partial charge in [-0.1, -0.05) is 54.1 Å². The largest absolute Gasteiger partial charge is 0.348 e. The van der Waals surface area contributed by atoms with E-state index in [0.29, 0.717) is 5.69 Å². The normalized spacial score (nSPS) is 12.3. The van der Waals surface area contributed by atoms with Gasteiger partial charge in [-0.3, -0.25) is 9.10 Å². The molecule has 0 aliphatic heterocycles. The number of carbonyl (C=O) groups excluding carboxylic acids is 1. The molecule has 0 radical (unpaired) electrons. The number of nitrogens with one attached hydrogen (secondary N) is 1. The first-order valence-corrected chi connectivity index (χ1v) is 12.1. The molecule has 0 aliphatic carbocycles. The Morgan fingerprint density at radius 1 is 0.906 bits per heavy atom. The third-order valence-electron chi connectivity index (χ3n) is 5.74. The van der Waals surface area contributed by atoms with Crippen LogP contribution in [0.4, 0.5) is 5.69 Å². The maximum absolute atomic E-state index is 13.5. The number of hydrogen-bond acceptors (Lipinski definition) is 3. The average molecular weight is 451 g/mol. The molecule has 0 saturated carbocycles. The van der Waals surface area contributed by atoms with Crippen molar-refractivity contribution in [2.45, 2.75) is 45.6 Å². The lowest BCUT2D eigenvalue weighted by atomic mass is 10.00. The van der Waals surface area contributed by atoms with Crippen LogP contribution in [0, 0.1) is 27.7 Å². The molecule has 1 atom stereocenters. The van der Waals surface area contributed by atoms with Gasteiger partial charge in [-0.25, -0.2) is 8.42 Å². The van der Waals surface area contributed by atoms with Crippen molar-refractivity contribution < 1.29 is 13.2 Å². The standard InChI is InChI=1S/C26H30N2O3S/c1-18-14-15-20(3)24(16-18)22(5)27-26(29)17-28(25-13-9-10-19(2)21(25)4)32(30,31)23-11-7-6-8-12-23/h6-16,22H,17H2,1-5H3,(H,27,29). The third-order valence-corrected chi connectivity index (χ3v) is 7.52. The van der Waals surface area contributed by atoms with E-state index in [-0.39, 0.29) is 23.4 Å². The van der Waals surface area contributed by atoms with Gasteiger partial charge in [0.05, 0.1) is 16.6 Å². The van der Waals surface area contributed by atoms with Crippen LogP contribution >= 0.6 is 0 Å². The van der Waals surface area contributed by atoms with Gasteiger partial charge in [0.25, 0.3) is 10.0 Å². The number of anilines is 1. The molecule has 3 rings (SSSR count). The maximum Gasteiger partial charge on any atom is 0.264 e. The van der Waals surface area contributed by atoms with Crippen molar-refractivity contribution in [1.29, 1.82) is 0 Å². The summed E-state index contributed by atoms with van der Waals surface area (Å²) in [7, 11) is -3.93.